The van der Waals surface area contributed by atoms with Crippen LogP contribution in [0.5, 0.6) is 5.75 Å². The first-order chi connectivity index (χ1) is 8.74. The van der Waals surface area contributed by atoms with Gasteiger partial charge in [0, 0.05) is 31.9 Å². The zero-order valence-electron chi connectivity index (χ0n) is 10.7. The van der Waals surface area contributed by atoms with Crippen molar-refractivity contribution in [3.63, 3.8) is 0 Å². The van der Waals surface area contributed by atoms with E-state index in [-0.39, 0.29) is 0 Å². The van der Waals surface area contributed by atoms with Crippen LogP contribution in [-0.4, -0.2) is 14.2 Å². The smallest absolute Gasteiger partial charge is 0.120 e. The second-order valence-corrected chi connectivity index (χ2v) is 4.97. The van der Waals surface area contributed by atoms with Gasteiger partial charge in [-0.3, -0.25) is 0 Å². The molecule has 0 bridgehead atoms. The molecule has 1 aromatic carbocycles. The number of nitrogens with two attached hydrogens (primary N) is 1. The fourth-order valence-corrected chi connectivity index (χ4v) is 2.60. The van der Waals surface area contributed by atoms with Gasteiger partial charge < -0.3 is 15.4 Å². The molecule has 0 aliphatic rings. The normalized spacial score (nSPS) is 10.4. The summed E-state index contributed by atoms with van der Waals surface area (Å²) >= 11 is 1.72. The molecule has 1 heterocycles. The lowest BCUT2D eigenvalue weighted by Gasteiger charge is -2.22. The zero-order chi connectivity index (χ0) is 13.0. The maximum absolute atomic E-state index is 5.79. The van der Waals surface area contributed by atoms with Crippen molar-refractivity contribution in [1.29, 1.82) is 0 Å². The van der Waals surface area contributed by atoms with Gasteiger partial charge in [-0.05, 0) is 34.0 Å². The predicted molar refractivity (Wildman–Crippen MR) is 77.3 cm³/mol. The van der Waals surface area contributed by atoms with Gasteiger partial charge in [0.15, 0.2) is 0 Å². The Labute approximate surface area is 112 Å². The minimum absolute atomic E-state index is 0.535. The van der Waals surface area contributed by atoms with Crippen molar-refractivity contribution in [3.05, 3.63) is 46.2 Å². The van der Waals surface area contributed by atoms with Crippen LogP contribution in [0.1, 0.15) is 11.1 Å². The number of anilines is 1. The van der Waals surface area contributed by atoms with Crippen molar-refractivity contribution < 1.29 is 4.74 Å². The molecule has 0 saturated heterocycles. The number of hydrogen-bond donors (Lipinski definition) is 1. The largest absolute Gasteiger partial charge is 0.497 e. The summed E-state index contributed by atoms with van der Waals surface area (Å²) in [7, 11) is 3.76. The lowest BCUT2D eigenvalue weighted by molar-refractivity contribution is 0.414. The number of nitrogens with zero attached hydrogens (tertiary/aromatic N) is 1. The molecule has 2 aromatic rings. The summed E-state index contributed by atoms with van der Waals surface area (Å²) in [4.78, 5) is 2.20. The number of benzene rings is 1. The van der Waals surface area contributed by atoms with Crippen LogP contribution < -0.4 is 15.4 Å². The van der Waals surface area contributed by atoms with Gasteiger partial charge in [-0.15, -0.1) is 0 Å². The van der Waals surface area contributed by atoms with Crippen molar-refractivity contribution in [1.82, 2.24) is 0 Å². The predicted octanol–water partition coefficient (Wildman–Crippen LogP) is 2.85. The summed E-state index contributed by atoms with van der Waals surface area (Å²) in [5.74, 6) is 0.861. The monoisotopic (exact) mass is 262 g/mol. The fraction of sp³-hybridized carbons (Fsp3) is 0.286. The third kappa shape index (κ3) is 2.83. The van der Waals surface area contributed by atoms with Crippen molar-refractivity contribution in [3.8, 4) is 5.75 Å². The number of ether oxygens (including phenoxy) is 1. The molecule has 0 saturated carbocycles. The molecule has 0 unspecified atom stereocenters. The van der Waals surface area contributed by atoms with E-state index in [0.29, 0.717) is 6.54 Å². The first-order valence-corrected chi connectivity index (χ1v) is 6.78. The van der Waals surface area contributed by atoms with Gasteiger partial charge in [0.25, 0.3) is 0 Å². The van der Waals surface area contributed by atoms with Gasteiger partial charge in [0.1, 0.15) is 5.75 Å². The summed E-state index contributed by atoms with van der Waals surface area (Å²) in [6.45, 7) is 1.41. The average Bonchev–Trinajstić information content (AvgIpc) is 2.90. The molecule has 2 rings (SSSR count). The number of rotatable bonds is 5. The van der Waals surface area contributed by atoms with Crippen LogP contribution in [0.25, 0.3) is 0 Å². The summed E-state index contributed by atoms with van der Waals surface area (Å²) in [6, 6.07) is 8.15. The molecule has 18 heavy (non-hydrogen) atoms. The number of hydrogen-bond acceptors (Lipinski definition) is 4. The molecule has 4 heteroatoms. The Morgan fingerprint density at radius 3 is 2.78 bits per heavy atom. The summed E-state index contributed by atoms with van der Waals surface area (Å²) in [5.41, 5.74) is 9.36. The topological polar surface area (TPSA) is 38.5 Å². The van der Waals surface area contributed by atoms with E-state index in [1.807, 2.05) is 18.2 Å². The van der Waals surface area contributed by atoms with Gasteiger partial charge in [0.2, 0.25) is 0 Å². The SMILES string of the molecule is COc1ccc(CN)c(N(C)Cc2ccsc2)c1. The third-order valence-electron chi connectivity index (χ3n) is 2.92. The van der Waals surface area contributed by atoms with Crippen LogP contribution in [0.2, 0.25) is 0 Å². The molecule has 0 radical (unpaired) electrons. The highest BCUT2D eigenvalue weighted by molar-refractivity contribution is 7.07. The molecule has 96 valence electrons. The number of methoxy groups -OCH3 is 1. The van der Waals surface area contributed by atoms with E-state index in [0.717, 1.165) is 23.5 Å². The van der Waals surface area contributed by atoms with E-state index in [1.165, 1.54) is 5.56 Å². The summed E-state index contributed by atoms with van der Waals surface area (Å²) in [6.07, 6.45) is 0. The van der Waals surface area contributed by atoms with Crippen LogP contribution in [-0.2, 0) is 13.1 Å². The van der Waals surface area contributed by atoms with Gasteiger partial charge in [0.05, 0.1) is 7.11 Å². The van der Waals surface area contributed by atoms with Gasteiger partial charge >= 0.3 is 0 Å². The first-order valence-electron chi connectivity index (χ1n) is 5.83. The Balaban J connectivity index is 2.24. The Morgan fingerprint density at radius 2 is 2.17 bits per heavy atom. The van der Waals surface area contributed by atoms with Gasteiger partial charge in [-0.2, -0.15) is 11.3 Å². The molecule has 3 nitrogen and oxygen atoms in total. The second kappa shape index (κ2) is 5.89. The van der Waals surface area contributed by atoms with E-state index < -0.39 is 0 Å². The van der Waals surface area contributed by atoms with Crippen molar-refractivity contribution in [2.75, 3.05) is 19.1 Å². The minimum atomic E-state index is 0.535. The zero-order valence-corrected chi connectivity index (χ0v) is 11.5. The summed E-state index contributed by atoms with van der Waals surface area (Å²) in [5, 5.41) is 4.26. The molecular formula is C14H18N2OS. The van der Waals surface area contributed by atoms with Crippen LogP contribution >= 0.6 is 11.3 Å². The van der Waals surface area contributed by atoms with E-state index in [4.69, 9.17) is 10.5 Å². The van der Waals surface area contributed by atoms with Gasteiger partial charge in [-0.25, -0.2) is 0 Å². The standard InChI is InChI=1S/C14H18N2OS/c1-16(9-11-5-6-18-10-11)14-7-13(17-2)4-3-12(14)8-15/h3-7,10H,8-9,15H2,1-2H3. The highest BCUT2D eigenvalue weighted by Gasteiger charge is 2.09. The van der Waals surface area contributed by atoms with Crippen molar-refractivity contribution in [2.24, 2.45) is 5.73 Å². The molecule has 0 fully saturated rings. The molecule has 0 aliphatic heterocycles. The van der Waals surface area contributed by atoms with Crippen LogP contribution in [0, 0.1) is 0 Å². The third-order valence-corrected chi connectivity index (χ3v) is 3.66. The molecular weight excluding hydrogens is 244 g/mol. The summed E-state index contributed by atoms with van der Waals surface area (Å²) < 4.78 is 5.27. The van der Waals surface area contributed by atoms with Crippen LogP contribution in [0.15, 0.2) is 35.0 Å². The van der Waals surface area contributed by atoms with E-state index in [2.05, 4.69) is 28.8 Å². The van der Waals surface area contributed by atoms with E-state index in [1.54, 1.807) is 18.4 Å². The molecule has 0 amide bonds. The Morgan fingerprint density at radius 1 is 1.33 bits per heavy atom. The molecule has 0 atom stereocenters. The van der Waals surface area contributed by atoms with Crippen LogP contribution in [0.3, 0.4) is 0 Å². The Bertz CT molecular complexity index is 497. The molecule has 0 aliphatic carbocycles. The van der Waals surface area contributed by atoms with Crippen molar-refractivity contribution >= 4 is 17.0 Å². The lowest BCUT2D eigenvalue weighted by atomic mass is 10.1. The van der Waals surface area contributed by atoms with Crippen molar-refractivity contribution in [2.45, 2.75) is 13.1 Å². The average molecular weight is 262 g/mol. The highest BCUT2D eigenvalue weighted by Crippen LogP contribution is 2.26. The Kier molecular flexibility index (Phi) is 4.23. The lowest BCUT2D eigenvalue weighted by Crippen LogP contribution is -2.18. The second-order valence-electron chi connectivity index (χ2n) is 4.19. The van der Waals surface area contributed by atoms with E-state index in [9.17, 15) is 0 Å². The maximum Gasteiger partial charge on any atom is 0.120 e. The highest BCUT2D eigenvalue weighted by atomic mass is 32.1. The maximum atomic E-state index is 5.79. The van der Waals surface area contributed by atoms with Gasteiger partial charge in [-0.1, -0.05) is 6.07 Å². The molecule has 0 spiro atoms. The first kappa shape index (κ1) is 12.9. The van der Waals surface area contributed by atoms with E-state index >= 15 is 0 Å². The number of thiophene rings is 1. The quantitative estimate of drug-likeness (QED) is 0.900. The Hall–Kier alpha value is -1.52. The fourth-order valence-electron chi connectivity index (χ4n) is 1.94. The van der Waals surface area contributed by atoms with Crippen LogP contribution in [0.4, 0.5) is 5.69 Å². The minimum Gasteiger partial charge on any atom is -0.497 e. The molecule has 1 aromatic heterocycles. The molecule has 2 N–H and O–H groups in total.